The van der Waals surface area contributed by atoms with E-state index in [1.165, 1.54) is 0 Å². The number of aryl methyl sites for hydroxylation is 1. The first-order valence-electron chi connectivity index (χ1n) is 6.43. The lowest BCUT2D eigenvalue weighted by atomic mass is 10.1. The lowest BCUT2D eigenvalue weighted by Gasteiger charge is -2.05. The van der Waals surface area contributed by atoms with Gasteiger partial charge in [0.2, 0.25) is 5.91 Å². The fourth-order valence-corrected chi connectivity index (χ4v) is 1.99. The summed E-state index contributed by atoms with van der Waals surface area (Å²) < 4.78 is 1.76. The van der Waals surface area contributed by atoms with E-state index in [0.717, 1.165) is 29.5 Å². The summed E-state index contributed by atoms with van der Waals surface area (Å²) in [5, 5.41) is 7.09. The second-order valence-corrected chi connectivity index (χ2v) is 4.98. The third-order valence-corrected chi connectivity index (χ3v) is 3.25. The number of hydrogen-bond donors (Lipinski definition) is 1. The van der Waals surface area contributed by atoms with Crippen molar-refractivity contribution in [3.8, 4) is 11.1 Å². The zero-order valence-corrected chi connectivity index (χ0v) is 10.8. The largest absolute Gasteiger partial charge is 0.352 e. The molecule has 5 heteroatoms. The Hall–Kier alpha value is -2.17. The molecule has 1 aliphatic rings. The first-order chi connectivity index (χ1) is 9.22. The Kier molecular flexibility index (Phi) is 3.03. The molecule has 1 N–H and O–H groups in total. The second-order valence-electron chi connectivity index (χ2n) is 4.98. The van der Waals surface area contributed by atoms with Gasteiger partial charge in [-0.3, -0.25) is 14.5 Å². The number of nitrogens with one attached hydrogen (secondary N) is 1. The minimum absolute atomic E-state index is 0.159. The van der Waals surface area contributed by atoms with Crippen LogP contribution in [0.1, 0.15) is 18.4 Å². The van der Waals surface area contributed by atoms with Crippen molar-refractivity contribution in [3.05, 3.63) is 36.4 Å². The summed E-state index contributed by atoms with van der Waals surface area (Å²) in [7, 11) is 1.89. The summed E-state index contributed by atoms with van der Waals surface area (Å²) >= 11 is 0. The molecular formula is C14H16N4O. The maximum Gasteiger partial charge on any atom is 0.223 e. The minimum atomic E-state index is 0.159. The highest BCUT2D eigenvalue weighted by Gasteiger charge is 2.29. The molecule has 0 aromatic carbocycles. The van der Waals surface area contributed by atoms with E-state index in [9.17, 15) is 4.79 Å². The number of amides is 1. The van der Waals surface area contributed by atoms with E-state index in [1.54, 1.807) is 10.9 Å². The molecule has 1 amide bonds. The molecule has 0 bridgehead atoms. The van der Waals surface area contributed by atoms with Gasteiger partial charge in [-0.25, -0.2) is 0 Å². The van der Waals surface area contributed by atoms with Crippen molar-refractivity contribution in [1.82, 2.24) is 20.1 Å². The van der Waals surface area contributed by atoms with Crippen LogP contribution in [0.5, 0.6) is 0 Å². The number of aromatic nitrogens is 3. The molecule has 2 aromatic rings. The molecule has 19 heavy (non-hydrogen) atoms. The van der Waals surface area contributed by atoms with Crippen LogP contribution in [-0.4, -0.2) is 20.7 Å². The van der Waals surface area contributed by atoms with Crippen LogP contribution >= 0.6 is 0 Å². The van der Waals surface area contributed by atoms with Crippen LogP contribution in [0.3, 0.4) is 0 Å². The van der Waals surface area contributed by atoms with E-state index >= 15 is 0 Å². The van der Waals surface area contributed by atoms with Crippen LogP contribution in [0.15, 0.2) is 30.9 Å². The number of carbonyl (C=O) groups is 1. The Bertz CT molecular complexity index is 601. The fourth-order valence-electron chi connectivity index (χ4n) is 1.99. The first-order valence-corrected chi connectivity index (χ1v) is 6.43. The number of hydrogen-bond acceptors (Lipinski definition) is 3. The Labute approximate surface area is 111 Å². The van der Waals surface area contributed by atoms with Gasteiger partial charge in [-0.1, -0.05) is 0 Å². The van der Waals surface area contributed by atoms with Gasteiger partial charge in [0.05, 0.1) is 6.20 Å². The van der Waals surface area contributed by atoms with Gasteiger partial charge in [0.1, 0.15) is 0 Å². The molecule has 98 valence electrons. The van der Waals surface area contributed by atoms with Crippen molar-refractivity contribution in [2.45, 2.75) is 19.4 Å². The first kappa shape index (κ1) is 11.9. The maximum absolute atomic E-state index is 11.6. The summed E-state index contributed by atoms with van der Waals surface area (Å²) in [6, 6.07) is 2.04. The van der Waals surface area contributed by atoms with E-state index in [1.807, 2.05) is 31.7 Å². The van der Waals surface area contributed by atoms with Crippen molar-refractivity contribution in [1.29, 1.82) is 0 Å². The fraction of sp³-hybridized carbons (Fsp3) is 0.357. The zero-order valence-electron chi connectivity index (χ0n) is 10.8. The number of rotatable bonds is 4. The Morgan fingerprint density at radius 2 is 2.21 bits per heavy atom. The summed E-state index contributed by atoms with van der Waals surface area (Å²) in [6.07, 6.45) is 9.41. The van der Waals surface area contributed by atoms with Crippen LogP contribution in [0, 0.1) is 5.92 Å². The second kappa shape index (κ2) is 4.84. The molecule has 1 fully saturated rings. The van der Waals surface area contributed by atoms with E-state index < -0.39 is 0 Å². The third-order valence-electron chi connectivity index (χ3n) is 3.25. The molecular weight excluding hydrogens is 240 g/mol. The van der Waals surface area contributed by atoms with Gasteiger partial charge in [-0.15, -0.1) is 0 Å². The minimum Gasteiger partial charge on any atom is -0.352 e. The monoisotopic (exact) mass is 256 g/mol. The van der Waals surface area contributed by atoms with Crippen LogP contribution in [-0.2, 0) is 18.4 Å². The summed E-state index contributed by atoms with van der Waals surface area (Å²) in [4.78, 5) is 15.8. The van der Waals surface area contributed by atoms with E-state index in [-0.39, 0.29) is 11.8 Å². The molecule has 2 heterocycles. The average molecular weight is 256 g/mol. The van der Waals surface area contributed by atoms with Gasteiger partial charge in [-0.2, -0.15) is 5.10 Å². The quantitative estimate of drug-likeness (QED) is 0.902. The molecule has 0 spiro atoms. The van der Waals surface area contributed by atoms with E-state index in [4.69, 9.17) is 0 Å². The smallest absolute Gasteiger partial charge is 0.223 e. The maximum atomic E-state index is 11.6. The standard InChI is InChI=1S/C14H16N4O/c1-18-9-13(8-17-18)12-4-10(5-15-7-12)6-16-14(19)11-2-3-11/h4-5,7-9,11H,2-3,6H2,1H3,(H,16,19). The van der Waals surface area contributed by atoms with Crippen LogP contribution in [0.25, 0.3) is 11.1 Å². The number of pyridine rings is 1. The van der Waals surface area contributed by atoms with Crippen molar-refractivity contribution in [2.24, 2.45) is 13.0 Å². The highest BCUT2D eigenvalue weighted by atomic mass is 16.2. The van der Waals surface area contributed by atoms with Crippen molar-refractivity contribution >= 4 is 5.91 Å². The third kappa shape index (κ3) is 2.81. The van der Waals surface area contributed by atoms with Gasteiger partial charge >= 0.3 is 0 Å². The molecule has 0 saturated heterocycles. The van der Waals surface area contributed by atoms with Crippen LogP contribution < -0.4 is 5.32 Å². The highest BCUT2D eigenvalue weighted by molar-refractivity contribution is 5.80. The molecule has 2 aromatic heterocycles. The van der Waals surface area contributed by atoms with Gasteiger partial charge in [-0.05, 0) is 24.5 Å². The molecule has 3 rings (SSSR count). The molecule has 0 aliphatic heterocycles. The normalized spacial score (nSPS) is 14.4. The molecule has 0 radical (unpaired) electrons. The molecule has 0 atom stereocenters. The lowest BCUT2D eigenvalue weighted by Crippen LogP contribution is -2.24. The lowest BCUT2D eigenvalue weighted by molar-refractivity contribution is -0.122. The van der Waals surface area contributed by atoms with Crippen molar-refractivity contribution in [2.75, 3.05) is 0 Å². The zero-order chi connectivity index (χ0) is 13.2. The molecule has 0 unspecified atom stereocenters. The van der Waals surface area contributed by atoms with Gasteiger partial charge in [0, 0.05) is 49.2 Å². The summed E-state index contributed by atoms with van der Waals surface area (Å²) in [5.74, 6) is 0.404. The van der Waals surface area contributed by atoms with Gasteiger partial charge < -0.3 is 5.32 Å². The Morgan fingerprint density at radius 3 is 2.89 bits per heavy atom. The predicted octanol–water partition coefficient (Wildman–Crippen LogP) is 1.51. The van der Waals surface area contributed by atoms with Crippen LogP contribution in [0.4, 0.5) is 0 Å². The average Bonchev–Trinajstić information content (AvgIpc) is 3.19. The molecule has 1 saturated carbocycles. The van der Waals surface area contributed by atoms with Crippen molar-refractivity contribution < 1.29 is 4.79 Å². The van der Waals surface area contributed by atoms with Crippen molar-refractivity contribution in [3.63, 3.8) is 0 Å². The predicted molar refractivity (Wildman–Crippen MR) is 71.0 cm³/mol. The summed E-state index contributed by atoms with van der Waals surface area (Å²) in [5.41, 5.74) is 3.06. The summed E-state index contributed by atoms with van der Waals surface area (Å²) in [6.45, 7) is 0.538. The molecule has 1 aliphatic carbocycles. The van der Waals surface area contributed by atoms with E-state index in [2.05, 4.69) is 15.4 Å². The number of carbonyl (C=O) groups excluding carboxylic acids is 1. The molecule has 5 nitrogen and oxygen atoms in total. The SMILES string of the molecule is Cn1cc(-c2cncc(CNC(=O)C3CC3)c2)cn1. The van der Waals surface area contributed by atoms with Crippen LogP contribution in [0.2, 0.25) is 0 Å². The van der Waals surface area contributed by atoms with Gasteiger partial charge in [0.25, 0.3) is 0 Å². The van der Waals surface area contributed by atoms with Gasteiger partial charge in [0.15, 0.2) is 0 Å². The number of nitrogens with zero attached hydrogens (tertiary/aromatic N) is 3. The topological polar surface area (TPSA) is 59.8 Å². The highest BCUT2D eigenvalue weighted by Crippen LogP contribution is 2.28. The van der Waals surface area contributed by atoms with E-state index in [0.29, 0.717) is 6.54 Å². The Balaban J connectivity index is 1.70. The Morgan fingerprint density at radius 1 is 1.37 bits per heavy atom.